The minimum atomic E-state index is 0. The van der Waals surface area contributed by atoms with Crippen LogP contribution in [0.2, 0.25) is 0 Å². The van der Waals surface area contributed by atoms with Gasteiger partial charge in [-0.25, -0.2) is 0 Å². The third-order valence-corrected chi connectivity index (χ3v) is 3.47. The summed E-state index contributed by atoms with van der Waals surface area (Å²) in [6, 6.07) is 18.1. The van der Waals surface area contributed by atoms with E-state index in [2.05, 4.69) is 12.1 Å². The molecule has 0 fully saturated rings. The van der Waals surface area contributed by atoms with Crippen molar-refractivity contribution in [2.45, 2.75) is 0 Å². The number of rotatable bonds is 1. The minimum Gasteiger partial charge on any atom is -0.286 e. The van der Waals surface area contributed by atoms with E-state index in [-0.39, 0.29) is 17.0 Å². The van der Waals surface area contributed by atoms with Crippen molar-refractivity contribution < 1.29 is 0 Å². The molecule has 0 aliphatic carbocycles. The molecule has 0 saturated heterocycles. The Labute approximate surface area is 113 Å². The fourth-order valence-electron chi connectivity index (χ4n) is 1.82. The molecule has 4 heteroatoms. The second-order valence-electron chi connectivity index (χ2n) is 3.55. The third kappa shape index (κ3) is 2.06. The van der Waals surface area contributed by atoms with E-state index in [1.807, 2.05) is 47.0 Å². The monoisotopic (exact) mass is 306 g/mol. The lowest BCUT2D eigenvalue weighted by Crippen LogP contribution is -2.09. The van der Waals surface area contributed by atoms with E-state index in [0.29, 0.717) is 4.80 Å². The third-order valence-electron chi connectivity index (χ3n) is 2.53. The highest BCUT2D eigenvalue weighted by Gasteiger charge is 2.05. The maximum absolute atomic E-state index is 8.02. The first kappa shape index (κ1) is 12.1. The van der Waals surface area contributed by atoms with E-state index in [1.165, 1.54) is 11.3 Å². The summed E-state index contributed by atoms with van der Waals surface area (Å²) >= 11 is 1.50. The van der Waals surface area contributed by atoms with Gasteiger partial charge in [-0.3, -0.25) is 9.98 Å². The van der Waals surface area contributed by atoms with Crippen LogP contribution in [0.4, 0.5) is 0 Å². The molecule has 1 aromatic heterocycles. The Hall–Kier alpha value is -1.39. The average Bonchev–Trinajstić information content (AvgIpc) is 2.66. The summed E-state index contributed by atoms with van der Waals surface area (Å²) in [5.74, 6) is 0. The zero-order valence-corrected chi connectivity index (χ0v) is 11.5. The van der Waals surface area contributed by atoms with Crippen LogP contribution in [0.25, 0.3) is 15.9 Å². The maximum atomic E-state index is 8.02. The van der Waals surface area contributed by atoms with E-state index >= 15 is 0 Å². The number of nitrogens with one attached hydrogen (secondary N) is 1. The van der Waals surface area contributed by atoms with Gasteiger partial charge in [-0.05, 0) is 24.3 Å². The topological polar surface area (TPSA) is 28.8 Å². The summed E-state index contributed by atoms with van der Waals surface area (Å²) in [7, 11) is 0. The molecule has 0 aliphatic heterocycles. The quantitative estimate of drug-likeness (QED) is 0.709. The van der Waals surface area contributed by atoms with E-state index in [4.69, 9.17) is 5.41 Å². The predicted octanol–water partition coefficient (Wildman–Crippen LogP) is 3.75. The summed E-state index contributed by atoms with van der Waals surface area (Å²) in [4.78, 5) is 0.562. The Bertz CT molecular complexity index is 685. The number of hydrogen-bond donors (Lipinski definition) is 1. The van der Waals surface area contributed by atoms with Crippen molar-refractivity contribution in [2.24, 2.45) is 0 Å². The Kier molecular flexibility index (Phi) is 3.45. The molecule has 0 bridgehead atoms. The van der Waals surface area contributed by atoms with Crippen LogP contribution in [-0.2, 0) is 0 Å². The molecule has 3 aromatic rings. The Morgan fingerprint density at radius 2 is 1.53 bits per heavy atom. The normalized spacial score (nSPS) is 10.1. The molecule has 0 aliphatic rings. The molecule has 0 amide bonds. The van der Waals surface area contributed by atoms with Crippen LogP contribution in [0.3, 0.4) is 0 Å². The molecule has 0 spiro atoms. The van der Waals surface area contributed by atoms with Crippen molar-refractivity contribution in [3.63, 3.8) is 0 Å². The first-order chi connectivity index (χ1) is 7.86. The van der Waals surface area contributed by atoms with Gasteiger partial charge in [0, 0.05) is 5.69 Å². The molecule has 17 heavy (non-hydrogen) atoms. The van der Waals surface area contributed by atoms with Crippen LogP contribution in [-0.4, -0.2) is 4.57 Å². The standard InChI is InChI=1S/C13H10N2S.BrH/c14-13-15(10-6-2-1-3-7-10)11-8-4-5-9-12(11)16-13;/h1-9,14H;1H. The lowest BCUT2D eigenvalue weighted by atomic mass is 10.3. The number of benzene rings is 2. The molecule has 0 radical (unpaired) electrons. The van der Waals surface area contributed by atoms with Crippen LogP contribution >= 0.6 is 28.3 Å². The Morgan fingerprint density at radius 1 is 0.882 bits per heavy atom. The zero-order chi connectivity index (χ0) is 11.0. The van der Waals surface area contributed by atoms with Gasteiger partial charge in [-0.1, -0.05) is 41.7 Å². The van der Waals surface area contributed by atoms with Crippen LogP contribution in [0, 0.1) is 5.41 Å². The van der Waals surface area contributed by atoms with Gasteiger partial charge in [-0.2, -0.15) is 0 Å². The summed E-state index contributed by atoms with van der Waals surface area (Å²) in [5, 5.41) is 8.02. The van der Waals surface area contributed by atoms with Crippen molar-refractivity contribution in [1.29, 1.82) is 5.41 Å². The summed E-state index contributed by atoms with van der Waals surface area (Å²) in [6.45, 7) is 0. The van der Waals surface area contributed by atoms with Gasteiger partial charge in [-0.15, -0.1) is 17.0 Å². The van der Waals surface area contributed by atoms with Crippen molar-refractivity contribution in [1.82, 2.24) is 4.57 Å². The summed E-state index contributed by atoms with van der Waals surface area (Å²) in [6.07, 6.45) is 0. The highest BCUT2D eigenvalue weighted by Crippen LogP contribution is 2.19. The zero-order valence-electron chi connectivity index (χ0n) is 8.96. The van der Waals surface area contributed by atoms with Crippen LogP contribution in [0.1, 0.15) is 0 Å². The number of thiazole rings is 1. The molecule has 1 N–H and O–H groups in total. The number of fused-ring (bicyclic) bond motifs is 1. The van der Waals surface area contributed by atoms with E-state index in [9.17, 15) is 0 Å². The van der Waals surface area contributed by atoms with Gasteiger partial charge in [0.1, 0.15) is 0 Å². The molecular formula is C13H11BrN2S. The number of nitrogens with zero attached hydrogens (tertiary/aromatic N) is 1. The number of para-hydroxylation sites is 2. The molecule has 0 unspecified atom stereocenters. The first-order valence-corrected chi connectivity index (χ1v) is 5.88. The fraction of sp³-hybridized carbons (Fsp3) is 0. The number of aromatic nitrogens is 1. The lowest BCUT2D eigenvalue weighted by molar-refractivity contribution is 1.02. The van der Waals surface area contributed by atoms with E-state index in [1.54, 1.807) is 0 Å². The fourth-order valence-corrected chi connectivity index (χ4v) is 2.73. The number of hydrogen-bond acceptors (Lipinski definition) is 2. The maximum Gasteiger partial charge on any atom is 0.187 e. The van der Waals surface area contributed by atoms with Gasteiger partial charge in [0.15, 0.2) is 4.80 Å². The Morgan fingerprint density at radius 3 is 2.29 bits per heavy atom. The highest BCUT2D eigenvalue weighted by molar-refractivity contribution is 8.93. The second-order valence-corrected chi connectivity index (χ2v) is 4.58. The molecule has 2 aromatic carbocycles. The van der Waals surface area contributed by atoms with Gasteiger partial charge in [0.25, 0.3) is 0 Å². The summed E-state index contributed by atoms with van der Waals surface area (Å²) < 4.78 is 3.12. The lowest BCUT2D eigenvalue weighted by Gasteiger charge is -2.03. The van der Waals surface area contributed by atoms with Gasteiger partial charge in [0.2, 0.25) is 0 Å². The smallest absolute Gasteiger partial charge is 0.187 e. The van der Waals surface area contributed by atoms with Gasteiger partial charge < -0.3 is 0 Å². The molecule has 2 nitrogen and oxygen atoms in total. The first-order valence-electron chi connectivity index (χ1n) is 5.07. The van der Waals surface area contributed by atoms with Crippen molar-refractivity contribution in [2.75, 3.05) is 0 Å². The van der Waals surface area contributed by atoms with E-state index < -0.39 is 0 Å². The SMILES string of the molecule is Br.N=c1sc2ccccc2n1-c1ccccc1. The van der Waals surface area contributed by atoms with Crippen LogP contribution in [0.15, 0.2) is 54.6 Å². The van der Waals surface area contributed by atoms with Crippen LogP contribution in [0.5, 0.6) is 0 Å². The molecule has 1 heterocycles. The van der Waals surface area contributed by atoms with Gasteiger partial charge in [0.05, 0.1) is 10.2 Å². The molecule has 0 atom stereocenters. The van der Waals surface area contributed by atoms with E-state index in [0.717, 1.165) is 15.9 Å². The number of halogens is 1. The van der Waals surface area contributed by atoms with Crippen molar-refractivity contribution in [3.05, 3.63) is 59.4 Å². The summed E-state index contributed by atoms with van der Waals surface area (Å²) in [5.41, 5.74) is 2.15. The highest BCUT2D eigenvalue weighted by atomic mass is 79.9. The second kappa shape index (κ2) is 4.85. The van der Waals surface area contributed by atoms with Crippen LogP contribution < -0.4 is 4.80 Å². The molecule has 0 saturated carbocycles. The van der Waals surface area contributed by atoms with Crippen molar-refractivity contribution >= 4 is 38.5 Å². The average molecular weight is 307 g/mol. The Balaban J connectivity index is 0.00000108. The minimum absolute atomic E-state index is 0. The largest absolute Gasteiger partial charge is 0.286 e. The predicted molar refractivity (Wildman–Crippen MR) is 77.3 cm³/mol. The van der Waals surface area contributed by atoms with Gasteiger partial charge >= 0.3 is 0 Å². The van der Waals surface area contributed by atoms with Crippen molar-refractivity contribution in [3.8, 4) is 5.69 Å². The molecule has 3 rings (SSSR count). The molecule has 86 valence electrons. The molecular weight excluding hydrogens is 296 g/mol.